The van der Waals surface area contributed by atoms with E-state index in [2.05, 4.69) is 4.98 Å². The summed E-state index contributed by atoms with van der Waals surface area (Å²) in [5.41, 5.74) is 2.90. The molecule has 0 bridgehead atoms. The number of ether oxygens (including phenoxy) is 2. The number of hydrogen-bond acceptors (Lipinski definition) is 10. The van der Waals surface area contributed by atoms with E-state index in [1.165, 1.54) is 11.2 Å². The SMILES string of the molecule is COc1ccc(N(C(=O)OC(C)(C)C)c2nc3cc(N(C)c4ccnc(N(C)c5ccc(S(C)(=O)=O)cc5)n4)ccc3n2C)cc1. The summed E-state index contributed by atoms with van der Waals surface area (Å²) >= 11 is 0. The van der Waals surface area contributed by atoms with Crippen molar-refractivity contribution in [3.8, 4) is 5.75 Å². The van der Waals surface area contributed by atoms with E-state index in [4.69, 9.17) is 19.4 Å². The first-order chi connectivity index (χ1) is 21.7. The molecule has 3 aromatic carbocycles. The van der Waals surface area contributed by atoms with Crippen LogP contribution in [-0.2, 0) is 21.6 Å². The Bertz CT molecular complexity index is 1990. The minimum Gasteiger partial charge on any atom is -0.497 e. The zero-order valence-corrected chi connectivity index (χ0v) is 27.9. The molecule has 240 valence electrons. The number of aromatic nitrogens is 4. The van der Waals surface area contributed by atoms with Gasteiger partial charge < -0.3 is 23.8 Å². The number of rotatable bonds is 8. The van der Waals surface area contributed by atoms with Crippen LogP contribution in [0.2, 0.25) is 0 Å². The third-order valence-electron chi connectivity index (χ3n) is 7.26. The van der Waals surface area contributed by atoms with Gasteiger partial charge in [-0.15, -0.1) is 0 Å². The van der Waals surface area contributed by atoms with Crippen molar-refractivity contribution in [3.05, 3.63) is 79.0 Å². The summed E-state index contributed by atoms with van der Waals surface area (Å²) in [6.07, 6.45) is 2.28. The van der Waals surface area contributed by atoms with Crippen LogP contribution in [0.5, 0.6) is 5.75 Å². The number of carbonyl (C=O) groups excluding carboxylic acids is 1. The van der Waals surface area contributed by atoms with Gasteiger partial charge in [0.15, 0.2) is 9.84 Å². The van der Waals surface area contributed by atoms with Crippen LogP contribution >= 0.6 is 0 Å². The summed E-state index contributed by atoms with van der Waals surface area (Å²) in [6, 6.07) is 21.3. The summed E-state index contributed by atoms with van der Waals surface area (Å²) in [5, 5.41) is 0. The largest absolute Gasteiger partial charge is 0.497 e. The topological polar surface area (TPSA) is 123 Å². The van der Waals surface area contributed by atoms with E-state index in [9.17, 15) is 13.2 Å². The molecule has 2 heterocycles. The fraction of sp³-hybridized carbons (Fsp3) is 0.273. The van der Waals surface area contributed by atoms with Crippen LogP contribution in [-0.4, -0.2) is 67.1 Å². The van der Waals surface area contributed by atoms with Crippen molar-refractivity contribution in [2.45, 2.75) is 31.3 Å². The maximum absolute atomic E-state index is 13.5. The lowest BCUT2D eigenvalue weighted by Gasteiger charge is -2.26. The number of sulfone groups is 1. The lowest BCUT2D eigenvalue weighted by atomic mass is 10.2. The molecule has 5 rings (SSSR count). The van der Waals surface area contributed by atoms with Gasteiger partial charge in [0.2, 0.25) is 11.9 Å². The summed E-state index contributed by atoms with van der Waals surface area (Å²) in [7, 11) is 3.84. The van der Waals surface area contributed by atoms with Gasteiger partial charge in [0, 0.05) is 45.0 Å². The quantitative estimate of drug-likeness (QED) is 0.188. The highest BCUT2D eigenvalue weighted by Gasteiger charge is 2.29. The Morgan fingerprint density at radius 1 is 0.848 bits per heavy atom. The first kappa shape index (κ1) is 32.2. The van der Waals surface area contributed by atoms with E-state index in [0.717, 1.165) is 16.9 Å². The maximum Gasteiger partial charge on any atom is 0.421 e. The second-order valence-corrected chi connectivity index (χ2v) is 13.8. The highest BCUT2D eigenvalue weighted by Crippen LogP contribution is 2.33. The maximum atomic E-state index is 13.5. The Morgan fingerprint density at radius 2 is 1.48 bits per heavy atom. The van der Waals surface area contributed by atoms with Crippen LogP contribution < -0.4 is 19.4 Å². The highest BCUT2D eigenvalue weighted by atomic mass is 32.2. The molecule has 0 fully saturated rings. The van der Waals surface area contributed by atoms with Crippen molar-refractivity contribution < 1.29 is 22.7 Å². The normalized spacial score (nSPS) is 11.7. The van der Waals surface area contributed by atoms with Gasteiger partial charge in [-0.25, -0.2) is 28.1 Å². The average Bonchev–Trinajstić information content (AvgIpc) is 3.34. The standard InChI is InChI=1S/C33H37N7O5S/c1-33(2,3)45-32(41)40(23-9-14-25(44-7)15-10-23)31-35-27-21-24(13-18-28(27)39(31)6)37(4)29-19-20-34-30(36-29)38(5)22-11-16-26(17-12-22)46(8,42)43/h9-21H,1-8H3. The van der Waals surface area contributed by atoms with Crippen molar-refractivity contribution in [1.82, 2.24) is 19.5 Å². The summed E-state index contributed by atoms with van der Waals surface area (Å²) in [5.74, 6) is 2.12. The third-order valence-corrected chi connectivity index (χ3v) is 8.39. The molecular formula is C33H37N7O5S. The number of anilines is 6. The van der Waals surface area contributed by atoms with E-state index >= 15 is 0 Å². The van der Waals surface area contributed by atoms with Gasteiger partial charge in [-0.05, 0) is 93.6 Å². The Labute approximate surface area is 268 Å². The van der Waals surface area contributed by atoms with Crippen LogP contribution in [0, 0.1) is 0 Å². The van der Waals surface area contributed by atoms with Crippen molar-refractivity contribution in [2.75, 3.05) is 42.2 Å². The molecule has 0 saturated heterocycles. The molecule has 0 N–H and O–H groups in total. The van der Waals surface area contributed by atoms with Crippen molar-refractivity contribution >= 4 is 61.7 Å². The van der Waals surface area contributed by atoms with Crippen molar-refractivity contribution in [1.29, 1.82) is 0 Å². The van der Waals surface area contributed by atoms with E-state index in [1.807, 2.05) is 69.6 Å². The molecule has 0 radical (unpaired) electrons. The number of fused-ring (bicyclic) bond motifs is 1. The monoisotopic (exact) mass is 643 g/mol. The number of benzene rings is 3. The third kappa shape index (κ3) is 6.74. The Morgan fingerprint density at radius 3 is 2.09 bits per heavy atom. The van der Waals surface area contributed by atoms with Gasteiger partial charge in [-0.2, -0.15) is 4.98 Å². The van der Waals surface area contributed by atoms with Gasteiger partial charge in [0.25, 0.3) is 0 Å². The van der Waals surface area contributed by atoms with Crippen LogP contribution in [0.4, 0.5) is 39.6 Å². The lowest BCUT2D eigenvalue weighted by Crippen LogP contribution is -2.35. The van der Waals surface area contributed by atoms with Crippen LogP contribution in [0.1, 0.15) is 20.8 Å². The second-order valence-electron chi connectivity index (χ2n) is 11.8. The fourth-order valence-corrected chi connectivity index (χ4v) is 5.41. The van der Waals surface area contributed by atoms with Crippen LogP contribution in [0.25, 0.3) is 11.0 Å². The van der Waals surface area contributed by atoms with Crippen LogP contribution in [0.3, 0.4) is 0 Å². The molecule has 0 spiro atoms. The van der Waals surface area contributed by atoms with E-state index < -0.39 is 21.5 Å². The number of hydrogen-bond donors (Lipinski definition) is 0. The average molecular weight is 644 g/mol. The predicted molar refractivity (Wildman–Crippen MR) is 180 cm³/mol. The molecule has 0 atom stereocenters. The lowest BCUT2D eigenvalue weighted by molar-refractivity contribution is 0.0596. The number of amides is 1. The van der Waals surface area contributed by atoms with Crippen molar-refractivity contribution in [2.24, 2.45) is 7.05 Å². The number of methoxy groups -OCH3 is 1. The zero-order valence-electron chi connectivity index (χ0n) is 27.1. The zero-order chi connectivity index (χ0) is 33.4. The molecule has 12 nitrogen and oxygen atoms in total. The fourth-order valence-electron chi connectivity index (χ4n) is 4.78. The first-order valence-corrected chi connectivity index (χ1v) is 16.3. The number of carbonyl (C=O) groups is 1. The molecular weight excluding hydrogens is 606 g/mol. The second kappa shape index (κ2) is 12.3. The summed E-state index contributed by atoms with van der Waals surface area (Å²) < 4.78 is 36.6. The van der Waals surface area contributed by atoms with E-state index in [0.29, 0.717) is 34.7 Å². The number of nitrogens with zero attached hydrogens (tertiary/aromatic N) is 7. The van der Waals surface area contributed by atoms with Gasteiger partial charge in [0.05, 0.1) is 28.7 Å². The van der Waals surface area contributed by atoms with Gasteiger partial charge in [0.1, 0.15) is 17.2 Å². The Balaban J connectivity index is 1.47. The Kier molecular flexibility index (Phi) is 8.63. The molecule has 0 saturated carbocycles. The predicted octanol–water partition coefficient (Wildman–Crippen LogP) is 6.38. The van der Waals surface area contributed by atoms with Gasteiger partial charge in [-0.1, -0.05) is 0 Å². The van der Waals surface area contributed by atoms with E-state index in [-0.39, 0.29) is 4.90 Å². The minimum atomic E-state index is -3.30. The Hall–Kier alpha value is -5.17. The molecule has 1 amide bonds. The number of aryl methyl sites for hydroxylation is 1. The van der Waals surface area contributed by atoms with Gasteiger partial charge in [-0.3, -0.25) is 0 Å². The molecule has 0 aliphatic heterocycles. The highest BCUT2D eigenvalue weighted by molar-refractivity contribution is 7.90. The summed E-state index contributed by atoms with van der Waals surface area (Å²) in [4.78, 5) is 33.0. The molecule has 13 heteroatoms. The molecule has 0 unspecified atom stereocenters. The van der Waals surface area contributed by atoms with Crippen molar-refractivity contribution in [3.63, 3.8) is 0 Å². The minimum absolute atomic E-state index is 0.241. The molecule has 5 aromatic rings. The molecule has 2 aromatic heterocycles. The van der Waals surface area contributed by atoms with Crippen LogP contribution in [0.15, 0.2) is 83.9 Å². The first-order valence-electron chi connectivity index (χ1n) is 14.4. The van der Waals surface area contributed by atoms with Gasteiger partial charge >= 0.3 is 6.09 Å². The summed E-state index contributed by atoms with van der Waals surface area (Å²) in [6.45, 7) is 5.46. The number of imidazole rings is 1. The smallest absolute Gasteiger partial charge is 0.421 e. The molecule has 0 aliphatic rings. The molecule has 46 heavy (non-hydrogen) atoms. The molecule has 0 aliphatic carbocycles. The van der Waals surface area contributed by atoms with E-state index in [1.54, 1.807) is 72.8 Å².